The third-order valence-electron chi connectivity index (χ3n) is 2.94. The van der Waals surface area contributed by atoms with Gasteiger partial charge in [0.05, 0.1) is 11.6 Å². The Balaban J connectivity index is 1.96. The largest absolute Gasteiger partial charge is 0.508 e. The first-order valence-corrected chi connectivity index (χ1v) is 6.28. The van der Waals surface area contributed by atoms with Gasteiger partial charge in [-0.25, -0.2) is 0 Å². The van der Waals surface area contributed by atoms with E-state index in [0.29, 0.717) is 17.0 Å². The molecule has 0 aliphatic rings. The molecule has 0 aromatic heterocycles. The Labute approximate surface area is 122 Å². The number of likely N-dealkylation sites (N-methyl/N-ethyl adjacent to an activating group) is 1. The highest BCUT2D eigenvalue weighted by atomic mass is 16.5. The lowest BCUT2D eigenvalue weighted by molar-refractivity contribution is -0.120. The highest BCUT2D eigenvalue weighted by molar-refractivity contribution is 5.94. The molecule has 0 aliphatic carbocycles. The van der Waals surface area contributed by atoms with Crippen molar-refractivity contribution < 1.29 is 14.6 Å². The van der Waals surface area contributed by atoms with Crippen molar-refractivity contribution in [1.82, 2.24) is 0 Å². The molecule has 21 heavy (non-hydrogen) atoms. The second-order valence-electron chi connectivity index (χ2n) is 4.40. The Morgan fingerprint density at radius 3 is 2.62 bits per heavy atom. The number of hydrogen-bond acceptors (Lipinski definition) is 4. The van der Waals surface area contributed by atoms with Crippen LogP contribution in [0.2, 0.25) is 0 Å². The molecule has 0 bridgehead atoms. The Kier molecular flexibility index (Phi) is 4.42. The molecule has 2 aromatic carbocycles. The van der Waals surface area contributed by atoms with Crippen molar-refractivity contribution in [3.63, 3.8) is 0 Å². The Bertz CT molecular complexity index is 675. The Morgan fingerprint density at radius 2 is 2.00 bits per heavy atom. The third-order valence-corrected chi connectivity index (χ3v) is 2.94. The van der Waals surface area contributed by atoms with Crippen LogP contribution in [0.4, 0.5) is 5.69 Å². The van der Waals surface area contributed by atoms with Gasteiger partial charge in [0, 0.05) is 18.8 Å². The van der Waals surface area contributed by atoms with Gasteiger partial charge in [0.25, 0.3) is 5.91 Å². The number of aromatic hydroxyl groups is 1. The molecule has 0 saturated heterocycles. The number of benzene rings is 2. The molecule has 1 N–H and O–H groups in total. The first kappa shape index (κ1) is 14.4. The van der Waals surface area contributed by atoms with Crippen LogP contribution in [0.15, 0.2) is 48.5 Å². The highest BCUT2D eigenvalue weighted by Crippen LogP contribution is 2.19. The van der Waals surface area contributed by atoms with E-state index in [1.165, 1.54) is 17.0 Å². The Morgan fingerprint density at radius 1 is 1.29 bits per heavy atom. The number of anilines is 1. The molecule has 0 spiro atoms. The molecule has 0 heterocycles. The van der Waals surface area contributed by atoms with Crippen molar-refractivity contribution in [3.05, 3.63) is 54.1 Å². The Hall–Kier alpha value is -3.00. The van der Waals surface area contributed by atoms with Gasteiger partial charge >= 0.3 is 0 Å². The van der Waals surface area contributed by atoms with Gasteiger partial charge in [-0.3, -0.25) is 4.79 Å². The zero-order valence-electron chi connectivity index (χ0n) is 11.5. The maximum Gasteiger partial charge on any atom is 0.264 e. The predicted molar refractivity (Wildman–Crippen MR) is 78.2 cm³/mol. The van der Waals surface area contributed by atoms with Gasteiger partial charge in [-0.15, -0.1) is 0 Å². The van der Waals surface area contributed by atoms with Crippen LogP contribution in [-0.4, -0.2) is 24.7 Å². The summed E-state index contributed by atoms with van der Waals surface area (Å²) in [6.45, 7) is -0.127. The summed E-state index contributed by atoms with van der Waals surface area (Å²) in [5.41, 5.74) is 1.12. The van der Waals surface area contributed by atoms with Crippen LogP contribution in [0.3, 0.4) is 0 Å². The van der Waals surface area contributed by atoms with Crippen LogP contribution >= 0.6 is 0 Å². The number of carbonyl (C=O) groups excluding carboxylic acids is 1. The van der Waals surface area contributed by atoms with Crippen molar-refractivity contribution in [2.24, 2.45) is 0 Å². The predicted octanol–water partition coefficient (Wildman–Crippen LogP) is 2.31. The number of nitrogens with zero attached hydrogens (tertiary/aromatic N) is 2. The lowest BCUT2D eigenvalue weighted by Gasteiger charge is -2.17. The standard InChI is InChI=1S/C16H14N2O3/c1-18(13-3-2-4-14(19)9-13)16(20)11-21-15-7-5-12(10-17)6-8-15/h2-9,19H,11H2,1H3. The fourth-order valence-corrected chi connectivity index (χ4v) is 1.71. The fraction of sp³-hybridized carbons (Fsp3) is 0.125. The number of phenolic OH excluding ortho intramolecular Hbond substituents is 1. The van der Waals surface area contributed by atoms with E-state index in [1.54, 1.807) is 43.4 Å². The minimum absolute atomic E-state index is 0.0974. The van der Waals surface area contributed by atoms with Gasteiger partial charge in [-0.1, -0.05) is 6.07 Å². The quantitative estimate of drug-likeness (QED) is 0.933. The molecule has 1 amide bonds. The van der Waals surface area contributed by atoms with E-state index in [0.717, 1.165) is 0 Å². The van der Waals surface area contributed by atoms with E-state index in [4.69, 9.17) is 10.00 Å². The summed E-state index contributed by atoms with van der Waals surface area (Å²) in [5, 5.41) is 18.1. The summed E-state index contributed by atoms with van der Waals surface area (Å²) >= 11 is 0. The monoisotopic (exact) mass is 282 g/mol. The van der Waals surface area contributed by atoms with Crippen molar-refractivity contribution in [2.45, 2.75) is 0 Å². The molecule has 0 fully saturated rings. The van der Waals surface area contributed by atoms with Crippen molar-refractivity contribution in [1.29, 1.82) is 5.26 Å². The molecule has 5 nitrogen and oxygen atoms in total. The van der Waals surface area contributed by atoms with E-state index in [2.05, 4.69) is 0 Å². The average Bonchev–Trinajstić information content (AvgIpc) is 2.52. The minimum Gasteiger partial charge on any atom is -0.508 e. The lowest BCUT2D eigenvalue weighted by atomic mass is 10.2. The maximum absolute atomic E-state index is 12.0. The minimum atomic E-state index is -0.245. The highest BCUT2D eigenvalue weighted by Gasteiger charge is 2.12. The molecule has 0 atom stereocenters. The first-order chi connectivity index (χ1) is 10.1. The van der Waals surface area contributed by atoms with Gasteiger partial charge in [0.1, 0.15) is 11.5 Å². The zero-order chi connectivity index (χ0) is 15.2. The summed E-state index contributed by atoms with van der Waals surface area (Å²) in [6, 6.07) is 15.0. The third kappa shape index (κ3) is 3.74. The second kappa shape index (κ2) is 6.44. The van der Waals surface area contributed by atoms with Gasteiger partial charge in [-0.2, -0.15) is 5.26 Å². The molecule has 2 aromatic rings. The number of nitriles is 1. The molecule has 0 radical (unpaired) electrons. The molecular formula is C16H14N2O3. The summed E-state index contributed by atoms with van der Waals surface area (Å²) in [6.07, 6.45) is 0. The summed E-state index contributed by atoms with van der Waals surface area (Å²) in [7, 11) is 1.61. The second-order valence-corrected chi connectivity index (χ2v) is 4.40. The maximum atomic E-state index is 12.0. The fourth-order valence-electron chi connectivity index (χ4n) is 1.71. The van der Waals surface area contributed by atoms with Gasteiger partial charge in [0.15, 0.2) is 6.61 Å². The zero-order valence-corrected chi connectivity index (χ0v) is 11.5. The van der Waals surface area contributed by atoms with Crippen LogP contribution in [0.5, 0.6) is 11.5 Å². The molecule has 2 rings (SSSR count). The van der Waals surface area contributed by atoms with E-state index < -0.39 is 0 Å². The number of ether oxygens (including phenoxy) is 1. The van der Waals surface area contributed by atoms with E-state index in [1.807, 2.05) is 6.07 Å². The molecule has 106 valence electrons. The van der Waals surface area contributed by atoms with E-state index in [9.17, 15) is 9.90 Å². The molecular weight excluding hydrogens is 268 g/mol. The van der Waals surface area contributed by atoms with Gasteiger partial charge in [-0.05, 0) is 36.4 Å². The molecule has 0 unspecified atom stereocenters. The van der Waals surface area contributed by atoms with E-state index in [-0.39, 0.29) is 18.3 Å². The van der Waals surface area contributed by atoms with Crippen LogP contribution in [0.25, 0.3) is 0 Å². The van der Waals surface area contributed by atoms with Crippen LogP contribution < -0.4 is 9.64 Å². The molecule has 0 aliphatic heterocycles. The molecule has 5 heteroatoms. The number of amides is 1. The normalized spacial score (nSPS) is 9.71. The van der Waals surface area contributed by atoms with Crippen molar-refractivity contribution in [3.8, 4) is 17.6 Å². The summed E-state index contributed by atoms with van der Waals surface area (Å²) in [4.78, 5) is 13.4. The average molecular weight is 282 g/mol. The number of carbonyl (C=O) groups is 1. The lowest BCUT2D eigenvalue weighted by Crippen LogP contribution is -2.31. The van der Waals surface area contributed by atoms with Crippen LogP contribution in [-0.2, 0) is 4.79 Å². The topological polar surface area (TPSA) is 73.6 Å². The number of rotatable bonds is 4. The van der Waals surface area contributed by atoms with E-state index >= 15 is 0 Å². The van der Waals surface area contributed by atoms with Crippen molar-refractivity contribution >= 4 is 11.6 Å². The van der Waals surface area contributed by atoms with Gasteiger partial charge < -0.3 is 14.7 Å². The SMILES string of the molecule is CN(C(=O)COc1ccc(C#N)cc1)c1cccc(O)c1. The van der Waals surface area contributed by atoms with Crippen LogP contribution in [0.1, 0.15) is 5.56 Å². The van der Waals surface area contributed by atoms with Crippen LogP contribution in [0, 0.1) is 11.3 Å². The summed E-state index contributed by atoms with van der Waals surface area (Å²) < 4.78 is 5.38. The number of hydrogen-bond donors (Lipinski definition) is 1. The molecule has 0 saturated carbocycles. The van der Waals surface area contributed by atoms with Crippen molar-refractivity contribution in [2.75, 3.05) is 18.6 Å². The van der Waals surface area contributed by atoms with Gasteiger partial charge in [0.2, 0.25) is 0 Å². The first-order valence-electron chi connectivity index (χ1n) is 6.28. The summed E-state index contributed by atoms with van der Waals surface area (Å²) in [5.74, 6) is 0.372. The number of phenols is 1. The smallest absolute Gasteiger partial charge is 0.264 e.